The van der Waals surface area contributed by atoms with Crippen LogP contribution < -0.4 is 5.32 Å². The zero-order valence-corrected chi connectivity index (χ0v) is 5.29. The maximum absolute atomic E-state index is 9.00. The molecular formula is C5H11NO3. The van der Waals surface area contributed by atoms with Crippen molar-refractivity contribution in [3.63, 3.8) is 0 Å². The van der Waals surface area contributed by atoms with Gasteiger partial charge < -0.3 is 15.5 Å². The van der Waals surface area contributed by atoms with Crippen LogP contribution in [0.25, 0.3) is 0 Å². The highest BCUT2D eigenvalue weighted by atomic mass is 16.4. The van der Waals surface area contributed by atoms with Gasteiger partial charge in [-0.15, -0.1) is 0 Å². The highest BCUT2D eigenvalue weighted by Gasteiger charge is 2.10. The molecule has 0 spiro atoms. The molecule has 0 unspecified atom stereocenters. The van der Waals surface area contributed by atoms with Crippen LogP contribution in [0.4, 0.5) is 0 Å². The van der Waals surface area contributed by atoms with Crippen molar-refractivity contribution >= 4 is 5.97 Å². The predicted molar refractivity (Wildman–Crippen MR) is 32.2 cm³/mol. The molecular weight excluding hydrogens is 122 g/mol. The van der Waals surface area contributed by atoms with Gasteiger partial charge in [0.2, 0.25) is 0 Å². The molecule has 1 saturated heterocycles. The minimum absolute atomic E-state index is 0.0463. The molecule has 0 bridgehead atoms. The molecule has 1 aliphatic heterocycles. The Morgan fingerprint density at radius 1 is 1.67 bits per heavy atom. The van der Waals surface area contributed by atoms with E-state index in [1.54, 1.807) is 0 Å². The van der Waals surface area contributed by atoms with E-state index in [2.05, 4.69) is 5.32 Å². The van der Waals surface area contributed by atoms with Gasteiger partial charge in [0.25, 0.3) is 5.97 Å². The van der Waals surface area contributed by atoms with Crippen molar-refractivity contribution in [1.82, 2.24) is 5.32 Å². The lowest BCUT2D eigenvalue weighted by molar-refractivity contribution is -0.134. The summed E-state index contributed by atoms with van der Waals surface area (Å²) in [6, 6.07) is 0. The Morgan fingerprint density at radius 2 is 1.89 bits per heavy atom. The van der Waals surface area contributed by atoms with E-state index >= 15 is 0 Å². The van der Waals surface area contributed by atoms with E-state index in [0.717, 1.165) is 20.0 Å². The van der Waals surface area contributed by atoms with Gasteiger partial charge in [0.1, 0.15) is 0 Å². The van der Waals surface area contributed by atoms with Gasteiger partial charge in [0.05, 0.1) is 6.10 Å². The van der Waals surface area contributed by atoms with Gasteiger partial charge in [-0.3, -0.25) is 4.79 Å². The van der Waals surface area contributed by atoms with Crippen LogP contribution in [-0.4, -0.2) is 35.4 Å². The zero-order valence-electron chi connectivity index (χ0n) is 5.29. The second-order valence-electron chi connectivity index (χ2n) is 1.83. The molecule has 0 amide bonds. The lowest BCUT2D eigenvalue weighted by Gasteiger charge is -2.20. The number of hydrogen-bond donors (Lipinski definition) is 3. The minimum Gasteiger partial charge on any atom is -0.481 e. The fourth-order valence-corrected chi connectivity index (χ4v) is 0.273. The van der Waals surface area contributed by atoms with Crippen LogP contribution in [0.3, 0.4) is 0 Å². The molecule has 9 heavy (non-hydrogen) atoms. The van der Waals surface area contributed by atoms with Crippen molar-refractivity contribution in [2.24, 2.45) is 0 Å². The highest BCUT2D eigenvalue weighted by molar-refractivity contribution is 5.62. The molecule has 1 aliphatic rings. The van der Waals surface area contributed by atoms with E-state index in [4.69, 9.17) is 15.0 Å². The minimum atomic E-state index is -0.833. The molecule has 1 fully saturated rings. The van der Waals surface area contributed by atoms with Crippen LogP contribution in [-0.2, 0) is 4.79 Å². The zero-order chi connectivity index (χ0) is 7.28. The molecule has 0 radical (unpaired) electrons. The number of β-amino-alcohol motifs (C(OH)–C–C–N with tert-alkyl or cyclic N) is 1. The monoisotopic (exact) mass is 133 g/mol. The van der Waals surface area contributed by atoms with Crippen molar-refractivity contribution in [2.75, 3.05) is 13.1 Å². The molecule has 4 heteroatoms. The number of nitrogens with one attached hydrogen (secondary N) is 1. The van der Waals surface area contributed by atoms with E-state index in [0.29, 0.717) is 0 Å². The van der Waals surface area contributed by atoms with Crippen molar-refractivity contribution in [3.8, 4) is 0 Å². The third kappa shape index (κ3) is 7.39. The Labute approximate surface area is 53.5 Å². The number of carboxylic acid groups (broad SMARTS) is 1. The summed E-state index contributed by atoms with van der Waals surface area (Å²) in [4.78, 5) is 9.00. The summed E-state index contributed by atoms with van der Waals surface area (Å²) in [7, 11) is 0. The van der Waals surface area contributed by atoms with E-state index in [1.807, 2.05) is 0 Å². The summed E-state index contributed by atoms with van der Waals surface area (Å²) in [5.74, 6) is -0.833. The second-order valence-corrected chi connectivity index (χ2v) is 1.83. The fraction of sp³-hybridized carbons (Fsp3) is 0.800. The number of carbonyl (C=O) groups is 1. The van der Waals surface area contributed by atoms with Gasteiger partial charge in [-0.2, -0.15) is 0 Å². The SMILES string of the molecule is CC(=O)O.OC1CNC1. The van der Waals surface area contributed by atoms with Crippen LogP contribution in [0.5, 0.6) is 0 Å². The Bertz CT molecular complexity index is 86.2. The van der Waals surface area contributed by atoms with Crippen LogP contribution >= 0.6 is 0 Å². The van der Waals surface area contributed by atoms with E-state index < -0.39 is 5.97 Å². The molecule has 54 valence electrons. The first-order chi connectivity index (χ1) is 4.13. The smallest absolute Gasteiger partial charge is 0.300 e. The molecule has 0 aliphatic carbocycles. The van der Waals surface area contributed by atoms with Gasteiger partial charge in [0, 0.05) is 20.0 Å². The highest BCUT2D eigenvalue weighted by Crippen LogP contribution is 1.85. The molecule has 3 N–H and O–H groups in total. The van der Waals surface area contributed by atoms with Crippen LogP contribution in [0.1, 0.15) is 6.92 Å². The van der Waals surface area contributed by atoms with Crippen molar-refractivity contribution in [3.05, 3.63) is 0 Å². The van der Waals surface area contributed by atoms with Gasteiger partial charge in [-0.05, 0) is 0 Å². The van der Waals surface area contributed by atoms with Gasteiger partial charge in [0.15, 0.2) is 0 Å². The van der Waals surface area contributed by atoms with Gasteiger partial charge >= 0.3 is 0 Å². The van der Waals surface area contributed by atoms with Crippen molar-refractivity contribution in [1.29, 1.82) is 0 Å². The summed E-state index contributed by atoms with van der Waals surface area (Å²) in [5.41, 5.74) is 0. The van der Waals surface area contributed by atoms with Gasteiger partial charge in [-0.25, -0.2) is 0 Å². The number of aliphatic hydroxyl groups excluding tert-OH is 1. The van der Waals surface area contributed by atoms with E-state index in [1.165, 1.54) is 0 Å². The van der Waals surface area contributed by atoms with Crippen LogP contribution in [0.2, 0.25) is 0 Å². The van der Waals surface area contributed by atoms with E-state index in [-0.39, 0.29) is 6.10 Å². The van der Waals surface area contributed by atoms with Crippen molar-refractivity contribution in [2.45, 2.75) is 13.0 Å². The summed E-state index contributed by atoms with van der Waals surface area (Å²) in [6.45, 7) is 2.67. The second kappa shape index (κ2) is 4.29. The fourth-order valence-electron chi connectivity index (χ4n) is 0.273. The third-order valence-corrected chi connectivity index (χ3v) is 0.760. The largest absolute Gasteiger partial charge is 0.481 e. The summed E-state index contributed by atoms with van der Waals surface area (Å²) < 4.78 is 0. The Morgan fingerprint density at radius 3 is 1.89 bits per heavy atom. The predicted octanol–water partition coefficient (Wildman–Crippen LogP) is -0.959. The summed E-state index contributed by atoms with van der Waals surface area (Å²) in [6.07, 6.45) is -0.0463. The quantitative estimate of drug-likeness (QED) is 0.398. The van der Waals surface area contributed by atoms with E-state index in [9.17, 15) is 0 Å². The summed E-state index contributed by atoms with van der Waals surface area (Å²) >= 11 is 0. The van der Waals surface area contributed by atoms with Crippen molar-refractivity contribution < 1.29 is 15.0 Å². The molecule has 0 aromatic carbocycles. The number of aliphatic carboxylic acids is 1. The number of rotatable bonds is 0. The Kier molecular flexibility index (Phi) is 4.00. The maximum atomic E-state index is 9.00. The number of hydrogen-bond acceptors (Lipinski definition) is 3. The number of carboxylic acids is 1. The first kappa shape index (κ1) is 8.39. The number of aliphatic hydroxyl groups is 1. The molecule has 0 aromatic rings. The average molecular weight is 133 g/mol. The molecule has 4 nitrogen and oxygen atoms in total. The first-order valence-corrected chi connectivity index (χ1v) is 2.71. The standard InChI is InChI=1S/C3H7NO.C2H4O2/c5-3-1-4-2-3;1-2(3)4/h3-5H,1-2H2;1H3,(H,3,4). The molecule has 1 heterocycles. The lowest BCUT2D eigenvalue weighted by atomic mass is 10.2. The van der Waals surface area contributed by atoms with Crippen LogP contribution in [0.15, 0.2) is 0 Å². The maximum Gasteiger partial charge on any atom is 0.300 e. The molecule has 0 aromatic heterocycles. The van der Waals surface area contributed by atoms with Crippen LogP contribution in [0, 0.1) is 0 Å². The molecule has 1 rings (SSSR count). The summed E-state index contributed by atoms with van der Waals surface area (Å²) in [5, 5.41) is 18.7. The normalized spacial score (nSPS) is 17.1. The Balaban J connectivity index is 0.000000148. The van der Waals surface area contributed by atoms with Gasteiger partial charge in [-0.1, -0.05) is 0 Å². The average Bonchev–Trinajstić information content (AvgIpc) is 1.59. The molecule has 0 saturated carbocycles. The lowest BCUT2D eigenvalue weighted by Crippen LogP contribution is -2.46. The third-order valence-electron chi connectivity index (χ3n) is 0.760. The Hall–Kier alpha value is -0.610. The molecule has 0 atom stereocenters. The first-order valence-electron chi connectivity index (χ1n) is 2.71. The topological polar surface area (TPSA) is 69.6 Å².